The van der Waals surface area contributed by atoms with E-state index in [2.05, 4.69) is 39.6 Å². The molecule has 140 valence electrons. The van der Waals surface area contributed by atoms with Gasteiger partial charge in [-0.15, -0.1) is 0 Å². The highest BCUT2D eigenvalue weighted by molar-refractivity contribution is 5.63. The highest BCUT2D eigenvalue weighted by Crippen LogP contribution is 2.57. The van der Waals surface area contributed by atoms with Gasteiger partial charge < -0.3 is 19.1 Å². The number of nitrogens with zero attached hydrogens (tertiary/aromatic N) is 1. The molecule has 4 nitrogen and oxygen atoms in total. The van der Waals surface area contributed by atoms with Crippen LogP contribution in [0, 0.1) is 6.92 Å². The fourth-order valence-corrected chi connectivity index (χ4v) is 5.28. The molecule has 1 N–H and O–H groups in total. The first-order valence-electron chi connectivity index (χ1n) is 9.51. The van der Waals surface area contributed by atoms with E-state index in [1.807, 2.05) is 6.08 Å². The van der Waals surface area contributed by atoms with Crippen LogP contribution in [0.1, 0.15) is 36.5 Å². The summed E-state index contributed by atoms with van der Waals surface area (Å²) in [6, 6.07) is 2.11. The van der Waals surface area contributed by atoms with E-state index in [0.717, 1.165) is 42.0 Å². The molecule has 4 rings (SSSR count). The third-order valence-corrected chi connectivity index (χ3v) is 6.42. The summed E-state index contributed by atoms with van der Waals surface area (Å²) in [7, 11) is 4.04. The number of hydrogen-bond donors (Lipinski definition) is 1. The Bertz CT molecular complexity index is 799. The van der Waals surface area contributed by atoms with Crippen LogP contribution < -0.4 is 9.47 Å². The van der Waals surface area contributed by atoms with Crippen LogP contribution in [-0.4, -0.2) is 49.0 Å². The number of likely N-dealkylation sites (N-methyl/N-ethyl adjacent to an activating group) is 1. The lowest BCUT2D eigenvalue weighted by molar-refractivity contribution is -0.918. The number of benzene rings is 1. The topological polar surface area (TPSA) is 38.7 Å². The molecule has 0 bridgehead atoms. The van der Waals surface area contributed by atoms with Gasteiger partial charge in [-0.3, -0.25) is 0 Å². The fraction of sp³-hybridized carbons (Fsp3) is 0.545. The lowest BCUT2D eigenvalue weighted by atomic mass is 9.68. The van der Waals surface area contributed by atoms with Crippen molar-refractivity contribution in [2.75, 3.05) is 27.2 Å². The van der Waals surface area contributed by atoms with Gasteiger partial charge in [-0.1, -0.05) is 18.7 Å². The molecule has 2 heterocycles. The molecule has 0 fully saturated rings. The van der Waals surface area contributed by atoms with E-state index < -0.39 is 6.10 Å². The largest absolute Gasteiger partial charge is 0.493 e. The van der Waals surface area contributed by atoms with Crippen LogP contribution in [0.2, 0.25) is 0 Å². The van der Waals surface area contributed by atoms with Crippen molar-refractivity contribution < 1.29 is 19.1 Å². The summed E-state index contributed by atoms with van der Waals surface area (Å²) < 4.78 is 13.0. The van der Waals surface area contributed by atoms with Crippen molar-refractivity contribution in [1.29, 1.82) is 0 Å². The molecule has 1 aromatic rings. The Kier molecular flexibility index (Phi) is 3.97. The average molecular weight is 356 g/mol. The number of ether oxygens (including phenoxy) is 2. The molecule has 0 aromatic heterocycles. The van der Waals surface area contributed by atoms with E-state index in [0.29, 0.717) is 6.42 Å². The summed E-state index contributed by atoms with van der Waals surface area (Å²) in [4.78, 5) is 0. The number of methoxy groups -OCH3 is 1. The molecule has 4 atom stereocenters. The molecular weight excluding hydrogens is 326 g/mol. The standard InChI is InChI=1S/C22H30NO3/c1-14(2)12-23(4)9-8-22-7-6-16(24)11-19(22)26-21-18(25-5)10-15(3)17(13-23)20(21)22/h6-7,10,16,19,24H,1,8-9,11-13H2,2-5H3/q+1/t16-,19?,22?,23?/m0/s1. The number of hydrogen-bond acceptors (Lipinski definition) is 3. The molecule has 1 aromatic carbocycles. The van der Waals surface area contributed by atoms with Crippen molar-refractivity contribution in [1.82, 2.24) is 0 Å². The molecule has 4 heteroatoms. The van der Waals surface area contributed by atoms with E-state index in [4.69, 9.17) is 9.47 Å². The first-order chi connectivity index (χ1) is 12.3. The zero-order valence-corrected chi connectivity index (χ0v) is 16.3. The van der Waals surface area contributed by atoms with E-state index in [1.165, 1.54) is 22.3 Å². The Hall–Kier alpha value is -1.78. The van der Waals surface area contributed by atoms with Gasteiger partial charge in [0.2, 0.25) is 0 Å². The summed E-state index contributed by atoms with van der Waals surface area (Å²) in [5.41, 5.74) is 5.00. The summed E-state index contributed by atoms with van der Waals surface area (Å²) >= 11 is 0. The van der Waals surface area contributed by atoms with Gasteiger partial charge in [-0.05, 0) is 31.1 Å². The van der Waals surface area contributed by atoms with Gasteiger partial charge in [0.1, 0.15) is 12.6 Å². The molecular formula is C22H30NO3+. The minimum Gasteiger partial charge on any atom is -0.493 e. The van der Waals surface area contributed by atoms with Crippen molar-refractivity contribution in [3.05, 3.63) is 47.1 Å². The van der Waals surface area contributed by atoms with Gasteiger partial charge in [-0.2, -0.15) is 0 Å². The van der Waals surface area contributed by atoms with Crippen molar-refractivity contribution in [2.24, 2.45) is 0 Å². The Morgan fingerprint density at radius 2 is 2.27 bits per heavy atom. The van der Waals surface area contributed by atoms with Crippen LogP contribution in [0.25, 0.3) is 0 Å². The van der Waals surface area contributed by atoms with Gasteiger partial charge in [0.25, 0.3) is 0 Å². The molecule has 26 heavy (non-hydrogen) atoms. The van der Waals surface area contributed by atoms with E-state index in [1.54, 1.807) is 7.11 Å². The number of quaternary nitrogens is 1. The van der Waals surface area contributed by atoms with Gasteiger partial charge in [-0.25, -0.2) is 0 Å². The van der Waals surface area contributed by atoms with Crippen LogP contribution in [0.15, 0.2) is 30.4 Å². The number of rotatable bonds is 3. The second kappa shape index (κ2) is 5.86. The summed E-state index contributed by atoms with van der Waals surface area (Å²) in [5.74, 6) is 1.70. The van der Waals surface area contributed by atoms with Crippen LogP contribution in [0.5, 0.6) is 11.5 Å². The van der Waals surface area contributed by atoms with E-state index in [-0.39, 0.29) is 11.5 Å². The Morgan fingerprint density at radius 1 is 1.50 bits per heavy atom. The van der Waals surface area contributed by atoms with Gasteiger partial charge in [0.05, 0.1) is 38.8 Å². The molecule has 2 aliphatic heterocycles. The highest BCUT2D eigenvalue weighted by atomic mass is 16.5. The SMILES string of the molecule is C=C(C)C[N+]1(C)CCC23C=C[C@H](O)CC2Oc2c(OC)cc(C)c(c23)C1. The lowest BCUT2D eigenvalue weighted by Crippen LogP contribution is -2.47. The minimum absolute atomic E-state index is 0.0247. The Morgan fingerprint density at radius 3 is 2.96 bits per heavy atom. The van der Waals surface area contributed by atoms with Gasteiger partial charge in [0.15, 0.2) is 11.5 Å². The van der Waals surface area contributed by atoms with Gasteiger partial charge in [0, 0.05) is 24.0 Å². The second-order valence-corrected chi connectivity index (χ2v) is 8.75. The number of aliphatic hydroxyl groups excluding tert-OH is 1. The molecule has 0 radical (unpaired) electrons. The van der Waals surface area contributed by atoms with E-state index >= 15 is 0 Å². The summed E-state index contributed by atoms with van der Waals surface area (Å²) in [6.45, 7) is 11.5. The van der Waals surface area contributed by atoms with Crippen LogP contribution in [-0.2, 0) is 12.0 Å². The number of aryl methyl sites for hydroxylation is 1. The predicted octanol–water partition coefficient (Wildman–Crippen LogP) is 3.25. The quantitative estimate of drug-likeness (QED) is 0.667. The lowest BCUT2D eigenvalue weighted by Gasteiger charge is -2.37. The summed E-state index contributed by atoms with van der Waals surface area (Å²) in [5, 5.41) is 10.2. The Balaban J connectivity index is 1.93. The third-order valence-electron chi connectivity index (χ3n) is 6.42. The van der Waals surface area contributed by atoms with Crippen molar-refractivity contribution in [3.63, 3.8) is 0 Å². The first kappa shape index (κ1) is 17.6. The molecule has 0 saturated carbocycles. The summed E-state index contributed by atoms with van der Waals surface area (Å²) in [6.07, 6.45) is 5.37. The molecule has 3 unspecified atom stereocenters. The molecule has 0 saturated heterocycles. The van der Waals surface area contributed by atoms with Crippen LogP contribution in [0.4, 0.5) is 0 Å². The van der Waals surface area contributed by atoms with Gasteiger partial charge >= 0.3 is 0 Å². The zero-order chi connectivity index (χ0) is 18.7. The van der Waals surface area contributed by atoms with E-state index in [9.17, 15) is 5.11 Å². The maximum absolute atomic E-state index is 10.2. The molecule has 1 aliphatic carbocycles. The zero-order valence-electron chi connectivity index (χ0n) is 16.3. The normalized spacial score (nSPS) is 34.5. The maximum Gasteiger partial charge on any atom is 0.166 e. The van der Waals surface area contributed by atoms with Crippen molar-refractivity contribution >= 4 is 0 Å². The monoisotopic (exact) mass is 356 g/mol. The fourth-order valence-electron chi connectivity index (χ4n) is 5.28. The minimum atomic E-state index is -0.435. The smallest absolute Gasteiger partial charge is 0.166 e. The molecule has 0 amide bonds. The van der Waals surface area contributed by atoms with Crippen LogP contribution >= 0.6 is 0 Å². The highest BCUT2D eigenvalue weighted by Gasteiger charge is 2.55. The van der Waals surface area contributed by atoms with Crippen LogP contribution in [0.3, 0.4) is 0 Å². The Labute approximate surface area is 156 Å². The average Bonchev–Trinajstić information content (AvgIpc) is 2.82. The van der Waals surface area contributed by atoms with Crippen molar-refractivity contribution in [2.45, 2.75) is 50.9 Å². The third kappa shape index (κ3) is 2.50. The number of aliphatic hydroxyl groups is 1. The molecule has 3 aliphatic rings. The van der Waals surface area contributed by atoms with Crippen molar-refractivity contribution in [3.8, 4) is 11.5 Å². The maximum atomic E-state index is 10.2. The second-order valence-electron chi connectivity index (χ2n) is 8.75. The first-order valence-corrected chi connectivity index (χ1v) is 9.51. The molecule has 1 spiro atoms. The predicted molar refractivity (Wildman–Crippen MR) is 103 cm³/mol.